The van der Waals surface area contributed by atoms with Crippen LogP contribution in [0.3, 0.4) is 0 Å². The molecular weight excluding hydrogens is 228 g/mol. The van der Waals surface area contributed by atoms with Crippen molar-refractivity contribution in [3.8, 4) is 11.8 Å². The minimum atomic E-state index is -0.271. The van der Waals surface area contributed by atoms with Crippen molar-refractivity contribution in [2.24, 2.45) is 0 Å². The summed E-state index contributed by atoms with van der Waals surface area (Å²) in [6.07, 6.45) is 8.98. The van der Waals surface area contributed by atoms with Crippen molar-refractivity contribution >= 4 is 5.97 Å². The third-order valence-corrected chi connectivity index (χ3v) is 2.52. The Kier molecular flexibility index (Phi) is 13.3. The van der Waals surface area contributed by atoms with Crippen molar-refractivity contribution in [2.75, 3.05) is 20.3 Å². The van der Waals surface area contributed by atoms with Crippen LogP contribution in [0.25, 0.3) is 0 Å². The number of esters is 1. The molecule has 0 radical (unpaired) electrons. The lowest BCUT2D eigenvalue weighted by Crippen LogP contribution is -2.11. The van der Waals surface area contributed by atoms with Crippen molar-refractivity contribution in [3.05, 3.63) is 0 Å². The van der Waals surface area contributed by atoms with Gasteiger partial charge in [-0.3, -0.25) is 0 Å². The number of hydrogen-bond donors (Lipinski definition) is 0. The Balaban J connectivity index is 3.09. The molecule has 18 heavy (non-hydrogen) atoms. The van der Waals surface area contributed by atoms with Crippen LogP contribution in [0.1, 0.15) is 58.3 Å². The molecule has 0 amide bonds. The summed E-state index contributed by atoms with van der Waals surface area (Å²) in [5.74, 6) is 5.96. The molecule has 0 aromatic heterocycles. The molecule has 0 aromatic carbocycles. The first kappa shape index (κ1) is 17.0. The van der Waals surface area contributed by atoms with Crippen LogP contribution in [0.4, 0.5) is 0 Å². The first-order valence-electron chi connectivity index (χ1n) is 6.91. The fourth-order valence-electron chi connectivity index (χ4n) is 1.58. The van der Waals surface area contributed by atoms with Gasteiger partial charge >= 0.3 is 5.97 Å². The van der Waals surface area contributed by atoms with Gasteiger partial charge in [-0.1, -0.05) is 32.6 Å². The zero-order valence-corrected chi connectivity index (χ0v) is 11.8. The highest BCUT2D eigenvalue weighted by Crippen LogP contribution is 2.06. The summed E-state index contributed by atoms with van der Waals surface area (Å²) in [7, 11) is 1.49. The van der Waals surface area contributed by atoms with E-state index in [1.807, 2.05) is 0 Å². The zero-order valence-electron chi connectivity index (χ0n) is 11.8. The summed E-state index contributed by atoms with van der Waals surface area (Å²) < 4.78 is 9.64. The molecule has 0 N–H and O–H groups in total. The molecule has 0 unspecified atom stereocenters. The van der Waals surface area contributed by atoms with Crippen LogP contribution in [0.2, 0.25) is 0 Å². The Morgan fingerprint density at radius 3 is 2.33 bits per heavy atom. The third-order valence-electron chi connectivity index (χ3n) is 2.52. The van der Waals surface area contributed by atoms with E-state index >= 15 is 0 Å². The van der Waals surface area contributed by atoms with Gasteiger partial charge in [-0.25, -0.2) is 4.79 Å². The van der Waals surface area contributed by atoms with Gasteiger partial charge in [0.15, 0.2) is 0 Å². The smallest absolute Gasteiger partial charge is 0.332 e. The maximum absolute atomic E-state index is 10.9. The average Bonchev–Trinajstić information content (AvgIpc) is 2.36. The van der Waals surface area contributed by atoms with E-state index in [1.165, 1.54) is 32.8 Å². The molecule has 0 aliphatic carbocycles. The molecule has 0 fully saturated rings. The number of unbranched alkanes of at least 4 members (excludes halogenated alkanes) is 6. The predicted octanol–water partition coefficient (Wildman–Crippen LogP) is 3.32. The molecule has 0 aliphatic heterocycles. The second kappa shape index (κ2) is 14.1. The normalized spacial score (nSPS) is 9.67. The van der Waals surface area contributed by atoms with Crippen LogP contribution < -0.4 is 0 Å². The number of hydrogen-bond acceptors (Lipinski definition) is 3. The van der Waals surface area contributed by atoms with Gasteiger partial charge in [0.1, 0.15) is 6.61 Å². The second-order valence-electron chi connectivity index (χ2n) is 4.23. The van der Waals surface area contributed by atoms with E-state index < -0.39 is 0 Å². The Morgan fingerprint density at radius 1 is 1.00 bits per heavy atom. The first-order valence-corrected chi connectivity index (χ1v) is 6.91. The summed E-state index contributed by atoms with van der Waals surface area (Å²) in [6, 6.07) is 0. The maximum Gasteiger partial charge on any atom is 0.332 e. The molecule has 0 aromatic rings. The molecular formula is C15H26O3. The van der Waals surface area contributed by atoms with Gasteiger partial charge in [0.05, 0.1) is 6.61 Å². The number of rotatable bonds is 10. The summed E-state index contributed by atoms with van der Waals surface area (Å²) in [6.45, 7) is 2.65. The van der Waals surface area contributed by atoms with Crippen LogP contribution in [0, 0.1) is 11.8 Å². The number of ether oxygens (including phenoxy) is 2. The van der Waals surface area contributed by atoms with Crippen molar-refractivity contribution in [3.63, 3.8) is 0 Å². The largest absolute Gasteiger partial charge is 0.464 e. The minimum Gasteiger partial charge on any atom is -0.464 e. The molecule has 0 rings (SSSR count). The topological polar surface area (TPSA) is 35.5 Å². The zero-order chi connectivity index (χ0) is 13.5. The molecule has 0 atom stereocenters. The van der Waals surface area contributed by atoms with E-state index in [-0.39, 0.29) is 12.6 Å². The van der Waals surface area contributed by atoms with Gasteiger partial charge in [-0.2, -0.15) is 0 Å². The van der Waals surface area contributed by atoms with Crippen molar-refractivity contribution in [2.45, 2.75) is 58.3 Å². The van der Waals surface area contributed by atoms with E-state index in [1.54, 1.807) is 0 Å². The standard InChI is InChI=1S/C15H26O3/c1-3-4-5-6-7-8-9-10-11-12-13-18-15(16)14-17-2/h3,6-14H2,1-2H3. The van der Waals surface area contributed by atoms with Gasteiger partial charge < -0.3 is 9.47 Å². The molecule has 3 heteroatoms. The number of carbonyl (C=O) groups excluding carboxylic acids is 1. The Hall–Kier alpha value is -1.01. The second-order valence-corrected chi connectivity index (χ2v) is 4.23. The lowest BCUT2D eigenvalue weighted by molar-refractivity contribution is -0.148. The molecule has 104 valence electrons. The van der Waals surface area contributed by atoms with E-state index in [0.717, 1.165) is 25.7 Å². The SMILES string of the molecule is CCC#CCCCCCCCCOC(=O)COC. The van der Waals surface area contributed by atoms with Gasteiger partial charge in [-0.15, -0.1) is 11.8 Å². The van der Waals surface area contributed by atoms with Gasteiger partial charge in [0, 0.05) is 20.0 Å². The van der Waals surface area contributed by atoms with E-state index in [9.17, 15) is 4.79 Å². The van der Waals surface area contributed by atoms with Crippen LogP contribution in [-0.4, -0.2) is 26.3 Å². The summed E-state index contributed by atoms with van der Waals surface area (Å²) >= 11 is 0. The van der Waals surface area contributed by atoms with Crippen molar-refractivity contribution < 1.29 is 14.3 Å². The average molecular weight is 254 g/mol. The molecule has 0 heterocycles. The van der Waals surface area contributed by atoms with Crippen LogP contribution in [0.15, 0.2) is 0 Å². The highest BCUT2D eigenvalue weighted by Gasteiger charge is 1.99. The predicted molar refractivity (Wildman–Crippen MR) is 73.2 cm³/mol. The first-order chi connectivity index (χ1) is 8.81. The lowest BCUT2D eigenvalue weighted by Gasteiger charge is -2.03. The molecule has 3 nitrogen and oxygen atoms in total. The fourth-order valence-corrected chi connectivity index (χ4v) is 1.58. The molecule has 0 saturated heterocycles. The monoisotopic (exact) mass is 254 g/mol. The quantitative estimate of drug-likeness (QED) is 0.341. The van der Waals surface area contributed by atoms with Crippen molar-refractivity contribution in [1.82, 2.24) is 0 Å². The number of carbonyl (C=O) groups is 1. The third kappa shape index (κ3) is 13.1. The van der Waals surface area contributed by atoms with Crippen LogP contribution in [0.5, 0.6) is 0 Å². The lowest BCUT2D eigenvalue weighted by atomic mass is 10.1. The summed E-state index contributed by atoms with van der Waals surface area (Å²) in [4.78, 5) is 10.9. The molecule has 0 aliphatic rings. The van der Waals surface area contributed by atoms with Crippen molar-refractivity contribution in [1.29, 1.82) is 0 Å². The Labute approximate surface area is 111 Å². The highest BCUT2D eigenvalue weighted by molar-refractivity contribution is 5.70. The van der Waals surface area contributed by atoms with E-state index in [2.05, 4.69) is 23.5 Å². The molecule has 0 bridgehead atoms. The van der Waals surface area contributed by atoms with E-state index in [4.69, 9.17) is 4.74 Å². The fraction of sp³-hybridized carbons (Fsp3) is 0.800. The Morgan fingerprint density at radius 2 is 1.67 bits per heavy atom. The number of methoxy groups -OCH3 is 1. The van der Waals surface area contributed by atoms with Crippen LogP contribution >= 0.6 is 0 Å². The van der Waals surface area contributed by atoms with Gasteiger partial charge in [0.25, 0.3) is 0 Å². The van der Waals surface area contributed by atoms with Gasteiger partial charge in [-0.05, 0) is 12.8 Å². The molecule has 0 spiro atoms. The van der Waals surface area contributed by atoms with Crippen LogP contribution in [-0.2, 0) is 14.3 Å². The highest BCUT2D eigenvalue weighted by atomic mass is 16.6. The minimum absolute atomic E-state index is 0.0544. The summed E-state index contributed by atoms with van der Waals surface area (Å²) in [5.41, 5.74) is 0. The molecule has 0 saturated carbocycles. The Bertz CT molecular complexity index is 250. The van der Waals surface area contributed by atoms with Gasteiger partial charge in [0.2, 0.25) is 0 Å². The van der Waals surface area contributed by atoms with E-state index in [0.29, 0.717) is 6.61 Å². The summed E-state index contributed by atoms with van der Waals surface area (Å²) in [5, 5.41) is 0. The maximum atomic E-state index is 10.9.